The molecular weight excluding hydrogens is 1080 g/mol. The lowest BCUT2D eigenvalue weighted by atomic mass is 9.97. The third kappa shape index (κ3) is 16.2. The lowest BCUT2D eigenvalue weighted by Crippen LogP contribution is -2.44. The minimum atomic E-state index is 0.709. The summed E-state index contributed by atoms with van der Waals surface area (Å²) >= 11 is 0. The van der Waals surface area contributed by atoms with Crippen molar-refractivity contribution in [3.05, 3.63) is 241 Å². The van der Waals surface area contributed by atoms with Gasteiger partial charge < -0.3 is 29.7 Å². The number of piperazine rings is 1. The molecule has 11 heteroatoms. The number of fused-ring (bicyclic) bond motifs is 2. The Hall–Kier alpha value is -10.2. The molecule has 2 aliphatic rings. The van der Waals surface area contributed by atoms with Crippen molar-refractivity contribution in [2.45, 2.75) is 13.8 Å². The molecule has 0 radical (unpaired) electrons. The van der Waals surface area contributed by atoms with Crippen LogP contribution in [0.4, 0.5) is 22.7 Å². The number of hydrogen-bond acceptors (Lipinski definition) is 11. The highest BCUT2D eigenvalue weighted by molar-refractivity contribution is 5.92. The summed E-state index contributed by atoms with van der Waals surface area (Å²) in [5.74, 6) is 0. The van der Waals surface area contributed by atoms with E-state index in [2.05, 4.69) is 196 Å². The fourth-order valence-corrected chi connectivity index (χ4v) is 11.1. The topological polar surface area (TPSA) is 133 Å². The van der Waals surface area contributed by atoms with Crippen molar-refractivity contribution in [2.24, 2.45) is 0 Å². The maximum absolute atomic E-state index is 9.29. The van der Waals surface area contributed by atoms with Crippen LogP contribution >= 0.6 is 0 Å². The van der Waals surface area contributed by atoms with Crippen LogP contribution in [-0.2, 0) is 4.74 Å². The van der Waals surface area contributed by atoms with Crippen LogP contribution in [0.5, 0.6) is 0 Å². The summed E-state index contributed by atoms with van der Waals surface area (Å²) < 4.78 is 5.35. The van der Waals surface area contributed by atoms with Gasteiger partial charge in [-0.3, -0.25) is 4.90 Å². The molecule has 11 nitrogen and oxygen atoms in total. The summed E-state index contributed by atoms with van der Waals surface area (Å²) in [4.78, 5) is 11.6. The monoisotopic (exact) mass is 1160 g/mol. The van der Waals surface area contributed by atoms with Crippen molar-refractivity contribution < 1.29 is 4.74 Å². The number of morpholine rings is 1. The molecule has 0 unspecified atom stereocenters. The number of nitrogens with zero attached hydrogens (tertiary/aromatic N) is 9. The molecule has 2 aliphatic heterocycles. The third-order valence-electron chi connectivity index (χ3n) is 16.2. The van der Waals surface area contributed by atoms with Crippen LogP contribution in [0.3, 0.4) is 0 Å². The second kappa shape index (κ2) is 31.2. The van der Waals surface area contributed by atoms with Gasteiger partial charge in [-0.1, -0.05) is 133 Å². The molecule has 440 valence electrons. The first-order chi connectivity index (χ1) is 43.1. The van der Waals surface area contributed by atoms with Crippen molar-refractivity contribution in [1.29, 1.82) is 21.0 Å². The molecule has 2 fully saturated rings. The molecule has 10 aromatic carbocycles. The highest BCUT2D eigenvalue weighted by Gasteiger charge is 2.16. The van der Waals surface area contributed by atoms with E-state index in [-0.39, 0.29) is 0 Å². The second-order valence-electron chi connectivity index (χ2n) is 22.0. The Morgan fingerprint density at radius 2 is 0.818 bits per heavy atom. The van der Waals surface area contributed by atoms with Crippen molar-refractivity contribution in [3.8, 4) is 68.8 Å². The first-order valence-electron chi connectivity index (χ1n) is 30.3. The maximum Gasteiger partial charge on any atom is 0.0998 e. The van der Waals surface area contributed by atoms with Gasteiger partial charge in [0.2, 0.25) is 0 Å². The van der Waals surface area contributed by atoms with Crippen LogP contribution in [0.2, 0.25) is 0 Å². The molecule has 0 saturated carbocycles. The van der Waals surface area contributed by atoms with Crippen LogP contribution in [-0.4, -0.2) is 110 Å². The molecular formula is C77H76N10O. The summed E-state index contributed by atoms with van der Waals surface area (Å²) in [5.41, 5.74) is 16.0. The van der Waals surface area contributed by atoms with Crippen LogP contribution in [0, 0.1) is 45.3 Å². The average molecular weight is 1160 g/mol. The SMILES string of the molecule is CCN(CC)c1ccc2cc(-c3ccccc3C#N)ccc2c1.CN(C)c1ccc2cc(-c3ccccc3C#N)ccc2c1.CN1CCN(c2ccc(-c3ccccc3C#N)cc2)CC1.N#Cc1ccccc1-c1ccc(NCCN2CCOCC2)cc1. The molecule has 88 heavy (non-hydrogen) atoms. The Morgan fingerprint density at radius 3 is 1.26 bits per heavy atom. The van der Waals surface area contributed by atoms with Gasteiger partial charge in [-0.25, -0.2) is 0 Å². The maximum atomic E-state index is 9.29. The van der Waals surface area contributed by atoms with E-state index in [1.807, 2.05) is 111 Å². The lowest BCUT2D eigenvalue weighted by Gasteiger charge is -2.34. The highest BCUT2D eigenvalue weighted by Crippen LogP contribution is 2.32. The number of nitriles is 4. The summed E-state index contributed by atoms with van der Waals surface area (Å²) in [5, 5.41) is 45.2. The minimum absolute atomic E-state index is 0.709. The molecule has 0 aromatic heterocycles. The molecule has 0 aliphatic carbocycles. The predicted molar refractivity (Wildman–Crippen MR) is 365 cm³/mol. The van der Waals surface area contributed by atoms with Gasteiger partial charge in [-0.05, 0) is 172 Å². The van der Waals surface area contributed by atoms with E-state index in [1.165, 1.54) is 38.6 Å². The van der Waals surface area contributed by atoms with Gasteiger partial charge in [-0.15, -0.1) is 0 Å². The van der Waals surface area contributed by atoms with E-state index in [0.717, 1.165) is 134 Å². The Bertz CT molecular complexity index is 4090. The first kappa shape index (κ1) is 62.3. The molecule has 2 heterocycles. The lowest BCUT2D eigenvalue weighted by molar-refractivity contribution is 0.0398. The van der Waals surface area contributed by atoms with Gasteiger partial charge in [0.15, 0.2) is 0 Å². The summed E-state index contributed by atoms with van der Waals surface area (Å²) in [6.45, 7) is 16.4. The highest BCUT2D eigenvalue weighted by atomic mass is 16.5. The van der Waals surface area contributed by atoms with Crippen molar-refractivity contribution in [2.75, 3.05) is 120 Å². The molecule has 0 amide bonds. The summed E-state index contributed by atoms with van der Waals surface area (Å²) in [6.07, 6.45) is 0. The molecule has 1 N–H and O–H groups in total. The molecule has 0 atom stereocenters. The fraction of sp³-hybridized carbons (Fsp3) is 0.221. The largest absolute Gasteiger partial charge is 0.384 e. The number of hydrogen-bond donors (Lipinski definition) is 1. The molecule has 0 bridgehead atoms. The van der Waals surface area contributed by atoms with E-state index in [9.17, 15) is 21.0 Å². The Morgan fingerprint density at radius 1 is 0.432 bits per heavy atom. The van der Waals surface area contributed by atoms with E-state index < -0.39 is 0 Å². The normalized spacial score (nSPS) is 12.9. The van der Waals surface area contributed by atoms with E-state index in [0.29, 0.717) is 16.7 Å². The van der Waals surface area contributed by atoms with Gasteiger partial charge in [0.05, 0.1) is 59.7 Å². The number of anilines is 4. The zero-order valence-electron chi connectivity index (χ0n) is 51.2. The van der Waals surface area contributed by atoms with Crippen LogP contribution in [0.15, 0.2) is 218 Å². The fourth-order valence-electron chi connectivity index (χ4n) is 11.1. The quantitative estimate of drug-likeness (QED) is 0.118. The van der Waals surface area contributed by atoms with Gasteiger partial charge in [0.1, 0.15) is 0 Å². The average Bonchev–Trinajstić information content (AvgIpc) is 2.74. The molecule has 0 spiro atoms. The van der Waals surface area contributed by atoms with Gasteiger partial charge in [-0.2, -0.15) is 21.0 Å². The van der Waals surface area contributed by atoms with Crippen molar-refractivity contribution >= 4 is 44.3 Å². The third-order valence-corrected chi connectivity index (χ3v) is 16.2. The first-order valence-corrected chi connectivity index (χ1v) is 30.3. The van der Waals surface area contributed by atoms with Crippen molar-refractivity contribution in [3.63, 3.8) is 0 Å². The second-order valence-corrected chi connectivity index (χ2v) is 22.0. The number of likely N-dealkylation sites (N-methyl/N-ethyl adjacent to an activating group) is 1. The number of nitrogens with one attached hydrogen (secondary N) is 1. The smallest absolute Gasteiger partial charge is 0.0998 e. The zero-order valence-corrected chi connectivity index (χ0v) is 51.2. The Labute approximate surface area is 520 Å². The minimum Gasteiger partial charge on any atom is -0.384 e. The van der Waals surface area contributed by atoms with Crippen LogP contribution in [0.25, 0.3) is 66.1 Å². The predicted octanol–water partition coefficient (Wildman–Crippen LogP) is 15.6. The molecule has 2 saturated heterocycles. The summed E-state index contributed by atoms with van der Waals surface area (Å²) in [6, 6.07) is 82.5. The number of ether oxygens (including phenoxy) is 1. The van der Waals surface area contributed by atoms with E-state index >= 15 is 0 Å². The molecule has 10 aromatic rings. The van der Waals surface area contributed by atoms with Gasteiger partial charge in [0.25, 0.3) is 0 Å². The van der Waals surface area contributed by atoms with Crippen LogP contribution in [0.1, 0.15) is 36.1 Å². The Kier molecular flexibility index (Phi) is 22.1. The number of rotatable bonds is 13. The number of benzene rings is 10. The zero-order chi connectivity index (χ0) is 61.6. The Balaban J connectivity index is 0.000000140. The van der Waals surface area contributed by atoms with E-state index in [4.69, 9.17) is 4.74 Å². The summed E-state index contributed by atoms with van der Waals surface area (Å²) in [7, 11) is 6.25. The van der Waals surface area contributed by atoms with Crippen molar-refractivity contribution in [1.82, 2.24) is 9.80 Å². The van der Waals surface area contributed by atoms with Crippen LogP contribution < -0.4 is 20.0 Å². The van der Waals surface area contributed by atoms with E-state index in [1.54, 1.807) is 0 Å². The standard InChI is InChI=1S/C21H20N2.C19H21N3O.C19H16N2.C18H19N3/c1-3-23(4-2)20-12-11-16-13-18(10-9-17(16)14-20)21-8-6-5-7-19(21)15-22;20-15-17-3-1-2-4-19(17)16-5-7-18(8-6-16)21-9-10-22-11-13-23-14-12-22;1-21(2)18-10-9-14-11-16(8-7-15(14)12-18)19-6-4-3-5-17(19)13-20;1-20-10-12-21(13-11-20)17-8-6-15(7-9-17)18-5-3-2-4-16(18)14-19/h5-14H,3-4H2,1-2H3;1-8,21H,9-14H2;3-12H,1-2H3;2-9H,10-13H2,1H3. The molecule has 12 rings (SSSR count). The van der Waals surface area contributed by atoms with Gasteiger partial charge >= 0.3 is 0 Å². The van der Waals surface area contributed by atoms with Gasteiger partial charge in [0, 0.05) is 102 Å².